The molecular weight excluding hydrogens is 260 g/mol. The molecule has 0 N–H and O–H groups in total. The number of unbranched alkanes of at least 4 members (excludes halogenated alkanes) is 7. The minimum absolute atomic E-state index is 0.171. The highest BCUT2D eigenvalue weighted by atomic mass is 16.5. The second-order valence-corrected chi connectivity index (χ2v) is 5.62. The van der Waals surface area contributed by atoms with Crippen LogP contribution in [0.1, 0.15) is 81.1 Å². The van der Waals surface area contributed by atoms with Crippen molar-refractivity contribution in [1.29, 1.82) is 0 Å². The first-order chi connectivity index (χ1) is 10.3. The van der Waals surface area contributed by atoms with Gasteiger partial charge in [-0.3, -0.25) is 0 Å². The van der Waals surface area contributed by atoms with Gasteiger partial charge in [-0.05, 0) is 24.5 Å². The summed E-state index contributed by atoms with van der Waals surface area (Å²) < 4.78 is 5.38. The molecule has 0 atom stereocenters. The van der Waals surface area contributed by atoms with Crippen LogP contribution in [0.5, 0.6) is 0 Å². The maximum Gasteiger partial charge on any atom is 0.338 e. The van der Waals surface area contributed by atoms with Gasteiger partial charge in [-0.25, -0.2) is 4.79 Å². The van der Waals surface area contributed by atoms with Gasteiger partial charge in [0.1, 0.15) is 0 Å². The Hall–Kier alpha value is -1.31. The van der Waals surface area contributed by atoms with Crippen molar-refractivity contribution in [1.82, 2.24) is 0 Å². The average molecular weight is 290 g/mol. The molecule has 0 saturated carbocycles. The molecule has 0 heterocycles. The Morgan fingerprint density at radius 2 is 1.52 bits per heavy atom. The number of rotatable bonds is 11. The zero-order valence-electron chi connectivity index (χ0n) is 13.7. The third kappa shape index (κ3) is 7.31. The number of benzene rings is 1. The Bertz CT molecular complexity index is 398. The Labute approximate surface area is 129 Å². The third-order valence-corrected chi connectivity index (χ3v) is 3.85. The van der Waals surface area contributed by atoms with Crippen molar-refractivity contribution >= 4 is 5.97 Å². The number of esters is 1. The molecule has 0 aliphatic rings. The van der Waals surface area contributed by atoms with Crippen LogP contribution in [0.4, 0.5) is 0 Å². The molecule has 0 aromatic heterocycles. The Kier molecular flexibility index (Phi) is 9.60. The van der Waals surface area contributed by atoms with Crippen molar-refractivity contribution < 1.29 is 9.53 Å². The van der Waals surface area contributed by atoms with Crippen LogP contribution in [0.25, 0.3) is 0 Å². The molecule has 0 saturated heterocycles. The summed E-state index contributed by atoms with van der Waals surface area (Å²) in [6, 6.07) is 7.71. The normalized spacial score (nSPS) is 10.6. The SMILES string of the molecule is CCCCCCCCCCOC(=O)c1ccccc1CC. The molecule has 0 bridgehead atoms. The van der Waals surface area contributed by atoms with Crippen molar-refractivity contribution in [2.24, 2.45) is 0 Å². The Morgan fingerprint density at radius 3 is 2.19 bits per heavy atom. The molecule has 0 spiro atoms. The quantitative estimate of drug-likeness (QED) is 0.394. The monoisotopic (exact) mass is 290 g/mol. The summed E-state index contributed by atoms with van der Waals surface area (Å²) in [5.74, 6) is -0.171. The van der Waals surface area contributed by atoms with Crippen LogP contribution in [0, 0.1) is 0 Å². The first kappa shape index (κ1) is 17.7. The molecule has 0 amide bonds. The van der Waals surface area contributed by atoms with Crippen molar-refractivity contribution in [3.8, 4) is 0 Å². The standard InChI is InChI=1S/C19H30O2/c1-3-5-6-7-8-9-10-13-16-21-19(20)18-15-12-11-14-17(18)4-2/h11-12,14-15H,3-10,13,16H2,1-2H3. The maximum atomic E-state index is 12.0. The van der Waals surface area contributed by atoms with Gasteiger partial charge >= 0.3 is 5.97 Å². The van der Waals surface area contributed by atoms with Crippen LogP contribution < -0.4 is 0 Å². The fraction of sp³-hybridized carbons (Fsp3) is 0.632. The molecule has 0 radical (unpaired) electrons. The molecule has 0 unspecified atom stereocenters. The highest BCUT2D eigenvalue weighted by molar-refractivity contribution is 5.91. The lowest BCUT2D eigenvalue weighted by Crippen LogP contribution is -2.09. The summed E-state index contributed by atoms with van der Waals surface area (Å²) in [7, 11) is 0. The van der Waals surface area contributed by atoms with Gasteiger partial charge in [-0.15, -0.1) is 0 Å². The third-order valence-electron chi connectivity index (χ3n) is 3.85. The first-order valence-corrected chi connectivity index (χ1v) is 8.54. The zero-order chi connectivity index (χ0) is 15.3. The average Bonchev–Trinajstić information content (AvgIpc) is 2.53. The van der Waals surface area contributed by atoms with Crippen LogP contribution in [-0.4, -0.2) is 12.6 Å². The molecule has 21 heavy (non-hydrogen) atoms. The second-order valence-electron chi connectivity index (χ2n) is 5.62. The molecule has 0 aliphatic carbocycles. The topological polar surface area (TPSA) is 26.3 Å². The lowest BCUT2D eigenvalue weighted by atomic mass is 10.1. The van der Waals surface area contributed by atoms with Crippen LogP contribution >= 0.6 is 0 Å². The van der Waals surface area contributed by atoms with Crippen molar-refractivity contribution in [2.75, 3.05) is 6.61 Å². The summed E-state index contributed by atoms with van der Waals surface area (Å²) in [5.41, 5.74) is 1.79. The Balaban J connectivity index is 2.11. The lowest BCUT2D eigenvalue weighted by Gasteiger charge is -2.08. The second kappa shape index (κ2) is 11.4. The van der Waals surface area contributed by atoms with E-state index in [4.69, 9.17) is 4.74 Å². The van der Waals surface area contributed by atoms with E-state index in [1.807, 2.05) is 24.3 Å². The van der Waals surface area contributed by atoms with E-state index in [-0.39, 0.29) is 5.97 Å². The van der Waals surface area contributed by atoms with E-state index < -0.39 is 0 Å². The summed E-state index contributed by atoms with van der Waals surface area (Å²) in [6.45, 7) is 4.85. The molecule has 2 nitrogen and oxygen atoms in total. The molecule has 0 fully saturated rings. The van der Waals surface area contributed by atoms with Crippen molar-refractivity contribution in [3.05, 3.63) is 35.4 Å². The molecule has 1 aromatic rings. The van der Waals surface area contributed by atoms with Gasteiger partial charge < -0.3 is 4.74 Å². The first-order valence-electron chi connectivity index (χ1n) is 8.54. The highest BCUT2D eigenvalue weighted by Crippen LogP contribution is 2.12. The fourth-order valence-electron chi connectivity index (χ4n) is 2.51. The van der Waals surface area contributed by atoms with E-state index >= 15 is 0 Å². The van der Waals surface area contributed by atoms with E-state index in [1.165, 1.54) is 38.5 Å². The predicted molar refractivity (Wildman–Crippen MR) is 88.7 cm³/mol. The largest absolute Gasteiger partial charge is 0.462 e. The number of aryl methyl sites for hydroxylation is 1. The van der Waals surface area contributed by atoms with E-state index in [9.17, 15) is 4.79 Å². The highest BCUT2D eigenvalue weighted by Gasteiger charge is 2.10. The van der Waals surface area contributed by atoms with Crippen molar-refractivity contribution in [3.63, 3.8) is 0 Å². The van der Waals surface area contributed by atoms with Gasteiger partial charge in [0, 0.05) is 0 Å². The fourth-order valence-corrected chi connectivity index (χ4v) is 2.51. The summed E-state index contributed by atoms with van der Waals surface area (Å²) in [5, 5.41) is 0. The van der Waals surface area contributed by atoms with Gasteiger partial charge in [-0.1, -0.05) is 77.0 Å². The molecule has 1 rings (SSSR count). The van der Waals surface area contributed by atoms with Gasteiger partial charge in [-0.2, -0.15) is 0 Å². The number of ether oxygens (including phenoxy) is 1. The molecular formula is C19H30O2. The summed E-state index contributed by atoms with van der Waals surface area (Å²) in [6.07, 6.45) is 10.9. The number of carbonyl (C=O) groups is 1. The van der Waals surface area contributed by atoms with Gasteiger partial charge in [0.25, 0.3) is 0 Å². The smallest absolute Gasteiger partial charge is 0.338 e. The molecule has 118 valence electrons. The van der Waals surface area contributed by atoms with Crippen molar-refractivity contribution in [2.45, 2.75) is 71.6 Å². The van der Waals surface area contributed by atoms with Crippen LogP contribution in [0.2, 0.25) is 0 Å². The van der Waals surface area contributed by atoms with Crippen LogP contribution in [0.15, 0.2) is 24.3 Å². The summed E-state index contributed by atoms with van der Waals surface area (Å²) >= 11 is 0. The van der Waals surface area contributed by atoms with E-state index in [0.717, 1.165) is 30.4 Å². The number of hydrogen-bond acceptors (Lipinski definition) is 2. The Morgan fingerprint density at radius 1 is 0.905 bits per heavy atom. The van der Waals surface area contributed by atoms with E-state index in [1.54, 1.807) is 0 Å². The molecule has 2 heteroatoms. The van der Waals surface area contributed by atoms with E-state index in [2.05, 4.69) is 13.8 Å². The lowest BCUT2D eigenvalue weighted by molar-refractivity contribution is 0.0496. The summed E-state index contributed by atoms with van der Waals surface area (Å²) in [4.78, 5) is 12.0. The number of hydrogen-bond donors (Lipinski definition) is 0. The van der Waals surface area contributed by atoms with Crippen LogP contribution in [0.3, 0.4) is 0 Å². The maximum absolute atomic E-state index is 12.0. The minimum atomic E-state index is -0.171. The van der Waals surface area contributed by atoms with Gasteiger partial charge in [0.15, 0.2) is 0 Å². The predicted octanol–water partition coefficient (Wildman–Crippen LogP) is 5.55. The van der Waals surface area contributed by atoms with Gasteiger partial charge in [0.2, 0.25) is 0 Å². The molecule has 0 aliphatic heterocycles. The molecule has 1 aromatic carbocycles. The number of carbonyl (C=O) groups excluding carboxylic acids is 1. The minimum Gasteiger partial charge on any atom is -0.462 e. The van der Waals surface area contributed by atoms with Crippen LogP contribution in [-0.2, 0) is 11.2 Å². The van der Waals surface area contributed by atoms with E-state index in [0.29, 0.717) is 6.61 Å². The zero-order valence-corrected chi connectivity index (χ0v) is 13.7. The van der Waals surface area contributed by atoms with Gasteiger partial charge in [0.05, 0.1) is 12.2 Å².